The van der Waals surface area contributed by atoms with Gasteiger partial charge in [0.1, 0.15) is 5.54 Å². The van der Waals surface area contributed by atoms with Crippen molar-refractivity contribution in [3.8, 4) is 0 Å². The molecule has 3 amide bonds. The number of guanidine groups is 1. The molecule has 4 N–H and O–H groups in total. The highest BCUT2D eigenvalue weighted by Crippen LogP contribution is 2.36. The van der Waals surface area contributed by atoms with Gasteiger partial charge in [-0.05, 0) is 42.5 Å². The smallest absolute Gasteiger partial charge is 0.319 e. The van der Waals surface area contributed by atoms with E-state index >= 15 is 0 Å². The average molecular weight is 502 g/mol. The number of hydrogen-bond acceptors (Lipinski definition) is 4. The number of carbonyl (C=O) groups is 2. The maximum Gasteiger partial charge on any atom is 0.319 e. The number of hydrogen-bond donors (Lipinski definition) is 3. The van der Waals surface area contributed by atoms with Crippen molar-refractivity contribution in [3.05, 3.63) is 63.6 Å². The fraction of sp³-hybridized carbons (Fsp3) is 0.400. The molecule has 0 aromatic heterocycles. The molecule has 0 spiro atoms. The summed E-state index contributed by atoms with van der Waals surface area (Å²) in [6.45, 7) is 2.60. The zero-order chi connectivity index (χ0) is 24.3. The van der Waals surface area contributed by atoms with Crippen LogP contribution in [0.4, 0.5) is 10.5 Å². The number of urea groups is 1. The molecule has 2 aliphatic rings. The normalized spacial score (nSPS) is 20.5. The van der Waals surface area contributed by atoms with Crippen LogP contribution in [0.1, 0.15) is 50.2 Å². The van der Waals surface area contributed by atoms with Gasteiger partial charge in [-0.2, -0.15) is 0 Å². The Kier molecular flexibility index (Phi) is 7.33. The Bertz CT molecular complexity index is 1100. The van der Waals surface area contributed by atoms with E-state index in [9.17, 15) is 9.59 Å². The van der Waals surface area contributed by atoms with E-state index in [0.29, 0.717) is 34.7 Å². The van der Waals surface area contributed by atoms with Gasteiger partial charge in [0, 0.05) is 6.54 Å². The third-order valence-corrected chi connectivity index (χ3v) is 7.34. The summed E-state index contributed by atoms with van der Waals surface area (Å²) in [6, 6.07) is 12.3. The third kappa shape index (κ3) is 5.47. The number of carbonyl (C=O) groups excluding carboxylic acids is 2. The number of aliphatic imine (C=N–C) groups is 1. The van der Waals surface area contributed by atoms with Gasteiger partial charge >= 0.3 is 6.03 Å². The zero-order valence-corrected chi connectivity index (χ0v) is 20.6. The molecule has 1 aliphatic carbocycles. The lowest BCUT2D eigenvalue weighted by atomic mass is 9.88. The van der Waals surface area contributed by atoms with E-state index < -0.39 is 5.54 Å². The topological polar surface area (TPSA) is 99.8 Å². The van der Waals surface area contributed by atoms with Crippen LogP contribution in [0.2, 0.25) is 10.0 Å². The van der Waals surface area contributed by atoms with Crippen molar-refractivity contribution in [1.29, 1.82) is 0 Å². The second kappa shape index (κ2) is 10.2. The number of rotatable bonds is 7. The summed E-state index contributed by atoms with van der Waals surface area (Å²) in [4.78, 5) is 31.5. The molecule has 180 valence electrons. The number of nitrogens with one attached hydrogen (secondary N) is 2. The van der Waals surface area contributed by atoms with Crippen LogP contribution in [0.25, 0.3) is 0 Å². The fourth-order valence-corrected chi connectivity index (χ4v) is 5.06. The van der Waals surface area contributed by atoms with Crippen molar-refractivity contribution < 1.29 is 9.59 Å². The Morgan fingerprint density at radius 1 is 1.15 bits per heavy atom. The molecule has 4 rings (SSSR count). The van der Waals surface area contributed by atoms with Gasteiger partial charge < -0.3 is 16.4 Å². The van der Waals surface area contributed by atoms with Crippen LogP contribution in [-0.4, -0.2) is 28.3 Å². The predicted octanol–water partition coefficient (Wildman–Crippen LogP) is 5.31. The van der Waals surface area contributed by atoms with Crippen LogP contribution < -0.4 is 16.4 Å². The fourth-order valence-electron chi connectivity index (χ4n) is 4.71. The minimum absolute atomic E-state index is 0.0287. The second-order valence-corrected chi connectivity index (χ2v) is 10.0. The second-order valence-electron chi connectivity index (χ2n) is 9.22. The monoisotopic (exact) mass is 501 g/mol. The Hall–Kier alpha value is -2.77. The average Bonchev–Trinajstić information content (AvgIpc) is 3.38. The number of benzene rings is 2. The summed E-state index contributed by atoms with van der Waals surface area (Å²) < 4.78 is 0. The van der Waals surface area contributed by atoms with Crippen molar-refractivity contribution in [2.24, 2.45) is 16.6 Å². The molecule has 1 atom stereocenters. The highest BCUT2D eigenvalue weighted by molar-refractivity contribution is 6.43. The van der Waals surface area contributed by atoms with Crippen LogP contribution in [0.5, 0.6) is 0 Å². The highest BCUT2D eigenvalue weighted by atomic mass is 35.5. The van der Waals surface area contributed by atoms with Crippen LogP contribution in [0.3, 0.4) is 0 Å². The molecule has 1 heterocycles. The van der Waals surface area contributed by atoms with E-state index in [2.05, 4.69) is 15.6 Å². The van der Waals surface area contributed by atoms with E-state index in [-0.39, 0.29) is 17.9 Å². The number of nitrogens with zero attached hydrogens (tertiary/aromatic N) is 2. The lowest BCUT2D eigenvalue weighted by Crippen LogP contribution is -2.43. The Morgan fingerprint density at radius 3 is 2.53 bits per heavy atom. The summed E-state index contributed by atoms with van der Waals surface area (Å²) in [5, 5.41) is 6.14. The third-order valence-electron chi connectivity index (χ3n) is 6.52. The maximum atomic E-state index is 13.1. The summed E-state index contributed by atoms with van der Waals surface area (Å²) in [7, 11) is 0. The van der Waals surface area contributed by atoms with Gasteiger partial charge in [0.25, 0.3) is 5.91 Å². The molecule has 0 radical (unpaired) electrons. The molecular formula is C25H29Cl2N5O2. The molecule has 0 saturated heterocycles. The summed E-state index contributed by atoms with van der Waals surface area (Å²) in [6.07, 6.45) is 5.55. The minimum atomic E-state index is -0.762. The van der Waals surface area contributed by atoms with Crippen LogP contribution >= 0.6 is 23.2 Å². The molecule has 0 bridgehead atoms. The first-order valence-corrected chi connectivity index (χ1v) is 12.2. The molecule has 34 heavy (non-hydrogen) atoms. The van der Waals surface area contributed by atoms with Gasteiger partial charge in [-0.25, -0.2) is 9.79 Å². The lowest BCUT2D eigenvalue weighted by Gasteiger charge is -2.24. The van der Waals surface area contributed by atoms with E-state index in [1.807, 2.05) is 31.2 Å². The maximum absolute atomic E-state index is 13.1. The van der Waals surface area contributed by atoms with Gasteiger partial charge in [-0.1, -0.05) is 79.2 Å². The zero-order valence-electron chi connectivity index (χ0n) is 19.1. The Labute approximate surface area is 209 Å². The molecule has 2 aromatic rings. The Balaban J connectivity index is 1.30. The largest absolute Gasteiger partial charge is 0.369 e. The van der Waals surface area contributed by atoms with Crippen molar-refractivity contribution in [2.45, 2.75) is 57.7 Å². The number of amides is 3. The van der Waals surface area contributed by atoms with Crippen molar-refractivity contribution in [1.82, 2.24) is 10.2 Å². The molecule has 1 saturated carbocycles. The minimum Gasteiger partial charge on any atom is -0.369 e. The van der Waals surface area contributed by atoms with Crippen LogP contribution in [0.15, 0.2) is 47.5 Å². The van der Waals surface area contributed by atoms with Crippen LogP contribution in [0, 0.1) is 5.92 Å². The van der Waals surface area contributed by atoms with E-state index in [1.165, 1.54) is 12.8 Å². The van der Waals surface area contributed by atoms with Crippen LogP contribution in [-0.2, 0) is 17.9 Å². The van der Waals surface area contributed by atoms with Gasteiger partial charge in [0.05, 0.1) is 22.3 Å². The first-order valence-electron chi connectivity index (χ1n) is 11.5. The van der Waals surface area contributed by atoms with E-state index in [0.717, 1.165) is 30.4 Å². The van der Waals surface area contributed by atoms with Gasteiger partial charge in [0.2, 0.25) is 0 Å². The molecule has 7 nitrogen and oxygen atoms in total. The van der Waals surface area contributed by atoms with Crippen molar-refractivity contribution >= 4 is 46.8 Å². The van der Waals surface area contributed by atoms with Crippen molar-refractivity contribution in [2.75, 3.05) is 5.32 Å². The number of anilines is 1. The summed E-state index contributed by atoms with van der Waals surface area (Å²) >= 11 is 12.1. The Morgan fingerprint density at radius 2 is 1.82 bits per heavy atom. The summed E-state index contributed by atoms with van der Waals surface area (Å²) in [5.74, 6) is 0.802. The van der Waals surface area contributed by atoms with Gasteiger partial charge in [-0.3, -0.25) is 9.69 Å². The lowest BCUT2D eigenvalue weighted by molar-refractivity contribution is -0.131. The van der Waals surface area contributed by atoms with Crippen molar-refractivity contribution in [3.63, 3.8) is 0 Å². The number of nitrogens with two attached hydrogens (primary N) is 1. The SMILES string of the molecule is C[C@]1(CC2CCCC2)N=C(N)N(Cc2ccc(CNC(=O)Nc3cccc(Cl)c3Cl)cc2)C1=O. The molecule has 1 fully saturated rings. The highest BCUT2D eigenvalue weighted by Gasteiger charge is 2.45. The number of halogens is 2. The molecule has 9 heteroatoms. The van der Waals surface area contributed by atoms with Gasteiger partial charge in [-0.15, -0.1) is 0 Å². The van der Waals surface area contributed by atoms with Gasteiger partial charge in [0.15, 0.2) is 5.96 Å². The first-order chi connectivity index (χ1) is 16.2. The first kappa shape index (κ1) is 24.4. The standard InChI is InChI=1S/C25H29Cl2N5O2/c1-25(13-16-5-2-3-6-16)22(33)32(23(28)31-25)15-18-11-9-17(10-12-18)14-29-24(34)30-20-8-4-7-19(26)21(20)27/h4,7-12,16H,2-3,5-6,13-15H2,1H3,(H2,28,31)(H2,29,30,34)/t25-/m1/s1. The van der Waals surface area contributed by atoms with E-state index in [4.69, 9.17) is 28.9 Å². The predicted molar refractivity (Wildman–Crippen MR) is 136 cm³/mol. The quantitative estimate of drug-likeness (QED) is 0.478. The molecule has 2 aromatic carbocycles. The molecule has 1 aliphatic heterocycles. The molecular weight excluding hydrogens is 473 g/mol. The van der Waals surface area contributed by atoms with E-state index in [1.54, 1.807) is 23.1 Å². The molecule has 0 unspecified atom stereocenters. The summed E-state index contributed by atoms with van der Waals surface area (Å²) in [5.41, 5.74) is 7.68.